The van der Waals surface area contributed by atoms with Gasteiger partial charge in [0.1, 0.15) is 5.00 Å². The Morgan fingerprint density at radius 2 is 2.15 bits per heavy atom. The van der Waals surface area contributed by atoms with Gasteiger partial charge in [0.15, 0.2) is 7.05 Å². The summed E-state index contributed by atoms with van der Waals surface area (Å²) in [6.45, 7) is 2.04. The maximum Gasteiger partial charge on any atom is 0.441 e. The van der Waals surface area contributed by atoms with Crippen molar-refractivity contribution in [2.24, 2.45) is 7.05 Å². The number of rotatable bonds is 6. The van der Waals surface area contributed by atoms with E-state index in [1.54, 1.807) is 14.0 Å². The highest BCUT2D eigenvalue weighted by Crippen LogP contribution is 2.38. The molecule has 1 aliphatic carbocycles. The molecular formula is C16H20N3O5S2+. The number of aryl methyl sites for hydroxylation is 2. The van der Waals surface area contributed by atoms with Crippen LogP contribution in [0.3, 0.4) is 0 Å². The highest BCUT2D eigenvalue weighted by molar-refractivity contribution is 7.99. The van der Waals surface area contributed by atoms with E-state index >= 15 is 0 Å². The first-order valence-electron chi connectivity index (χ1n) is 8.33. The van der Waals surface area contributed by atoms with Crippen molar-refractivity contribution in [1.82, 2.24) is 5.27 Å². The Labute approximate surface area is 157 Å². The molecule has 10 heteroatoms. The quantitative estimate of drug-likeness (QED) is 0.435. The molecule has 0 bridgehead atoms. The van der Waals surface area contributed by atoms with Crippen molar-refractivity contribution in [3.05, 3.63) is 26.4 Å². The summed E-state index contributed by atoms with van der Waals surface area (Å²) in [6.07, 6.45) is 3.85. The number of hydrogen-bond acceptors (Lipinski definition) is 7. The fourth-order valence-corrected chi connectivity index (χ4v) is 4.88. The number of amides is 1. The zero-order chi connectivity index (χ0) is 18.7. The molecule has 2 aromatic rings. The molecule has 3 rings (SSSR count). The molecule has 2 N–H and O–H groups in total. The highest BCUT2D eigenvalue weighted by Gasteiger charge is 2.27. The topological polar surface area (TPSA) is 105 Å². The summed E-state index contributed by atoms with van der Waals surface area (Å²) in [5, 5.41) is 6.05. The lowest BCUT2D eigenvalue weighted by molar-refractivity contribution is -0.772. The minimum Gasteiger partial charge on any atom is -0.462 e. The summed E-state index contributed by atoms with van der Waals surface area (Å²) in [5.41, 5.74) is 0.959. The van der Waals surface area contributed by atoms with Gasteiger partial charge in [0, 0.05) is 4.88 Å². The first-order valence-corrected chi connectivity index (χ1v) is 10.1. The Bertz CT molecular complexity index is 883. The van der Waals surface area contributed by atoms with E-state index < -0.39 is 11.6 Å². The molecule has 0 aliphatic heterocycles. The number of carbonyl (C=O) groups is 2. The summed E-state index contributed by atoms with van der Waals surface area (Å²) in [4.78, 5) is 37.4. The standard InChI is InChI=1S/C16H19N3O5S2/c1-3-23-15(21)12-9-6-4-5-7-10(9)26-13(12)17-11(20)8-25-14-16(22)24-18-19(14)2/h3-8H2,1-2H3,(H-,17,18,20,21,22)/p+1. The third kappa shape index (κ3) is 3.85. The van der Waals surface area contributed by atoms with Crippen LogP contribution >= 0.6 is 23.1 Å². The molecule has 0 fully saturated rings. The van der Waals surface area contributed by atoms with Crippen molar-refractivity contribution in [2.75, 3.05) is 17.7 Å². The van der Waals surface area contributed by atoms with Crippen LogP contribution in [0.1, 0.15) is 40.6 Å². The first-order chi connectivity index (χ1) is 12.5. The van der Waals surface area contributed by atoms with Gasteiger partial charge in [0.25, 0.3) is 0 Å². The number of ether oxygens (including phenoxy) is 1. The third-order valence-corrected chi connectivity index (χ3v) is 6.33. The van der Waals surface area contributed by atoms with Gasteiger partial charge in [0.2, 0.25) is 5.91 Å². The molecule has 8 nitrogen and oxygen atoms in total. The first kappa shape index (κ1) is 18.7. The van der Waals surface area contributed by atoms with Gasteiger partial charge in [0.05, 0.1) is 17.9 Å². The zero-order valence-corrected chi connectivity index (χ0v) is 16.2. The number of anilines is 1. The van der Waals surface area contributed by atoms with Gasteiger partial charge >= 0.3 is 16.6 Å². The second-order valence-electron chi connectivity index (χ2n) is 5.82. The molecule has 26 heavy (non-hydrogen) atoms. The molecule has 0 spiro atoms. The SMILES string of the molecule is CCOC(=O)c1c(NC(=O)CSc2c(=O)o[nH][n+]2C)sc2c1CCCC2. The molecule has 0 saturated heterocycles. The second-order valence-corrected chi connectivity index (χ2v) is 7.89. The van der Waals surface area contributed by atoms with Crippen LogP contribution in [-0.2, 0) is 29.4 Å². The summed E-state index contributed by atoms with van der Waals surface area (Å²) >= 11 is 2.51. The predicted molar refractivity (Wildman–Crippen MR) is 96.8 cm³/mol. The minimum absolute atomic E-state index is 0.0291. The molecule has 2 aromatic heterocycles. The number of nitrogens with one attached hydrogen (secondary N) is 2. The average Bonchev–Trinajstić information content (AvgIpc) is 3.13. The average molecular weight is 398 g/mol. The van der Waals surface area contributed by atoms with E-state index in [4.69, 9.17) is 4.74 Å². The number of hydrogen-bond donors (Lipinski definition) is 2. The molecule has 1 amide bonds. The van der Waals surface area contributed by atoms with Crippen molar-refractivity contribution in [1.29, 1.82) is 0 Å². The van der Waals surface area contributed by atoms with Crippen molar-refractivity contribution >= 4 is 40.0 Å². The van der Waals surface area contributed by atoms with Crippen LogP contribution in [0.4, 0.5) is 5.00 Å². The number of H-pyrrole nitrogens is 1. The Morgan fingerprint density at radius 3 is 2.85 bits per heavy atom. The van der Waals surface area contributed by atoms with E-state index in [1.165, 1.54) is 16.0 Å². The van der Waals surface area contributed by atoms with Crippen LogP contribution in [0.25, 0.3) is 0 Å². The van der Waals surface area contributed by atoms with Crippen LogP contribution in [0.2, 0.25) is 0 Å². The summed E-state index contributed by atoms with van der Waals surface area (Å²) in [7, 11) is 1.62. The molecule has 0 unspecified atom stereocenters. The van der Waals surface area contributed by atoms with Gasteiger partial charge in [-0.25, -0.2) is 9.59 Å². The number of nitrogens with zero attached hydrogens (tertiary/aromatic N) is 1. The second kappa shape index (κ2) is 8.09. The van der Waals surface area contributed by atoms with E-state index in [0.717, 1.165) is 47.9 Å². The Balaban J connectivity index is 1.76. The summed E-state index contributed by atoms with van der Waals surface area (Å²) < 4.78 is 11.2. The number of fused-ring (bicyclic) bond motifs is 1. The van der Waals surface area contributed by atoms with Gasteiger partial charge in [-0.3, -0.25) is 9.32 Å². The maximum absolute atomic E-state index is 12.4. The normalized spacial score (nSPS) is 13.3. The van der Waals surface area contributed by atoms with Crippen LogP contribution < -0.4 is 15.6 Å². The number of aromatic nitrogens is 2. The van der Waals surface area contributed by atoms with Crippen LogP contribution in [0.15, 0.2) is 14.3 Å². The molecule has 0 saturated carbocycles. The van der Waals surface area contributed by atoms with Crippen LogP contribution in [-0.4, -0.2) is 29.5 Å². The number of aromatic amines is 1. The van der Waals surface area contributed by atoms with Crippen molar-refractivity contribution in [3.8, 4) is 0 Å². The van der Waals surface area contributed by atoms with E-state index in [1.807, 2.05) is 0 Å². The number of esters is 1. The van der Waals surface area contributed by atoms with Gasteiger partial charge < -0.3 is 10.1 Å². The highest BCUT2D eigenvalue weighted by atomic mass is 32.2. The lowest BCUT2D eigenvalue weighted by Crippen LogP contribution is -2.34. The molecule has 2 heterocycles. The zero-order valence-electron chi connectivity index (χ0n) is 14.5. The van der Waals surface area contributed by atoms with Crippen LogP contribution in [0.5, 0.6) is 0 Å². The molecule has 140 valence electrons. The Kier molecular flexibility index (Phi) is 5.82. The molecule has 0 atom stereocenters. The number of thioether (sulfide) groups is 1. The number of thiophene rings is 1. The monoisotopic (exact) mass is 398 g/mol. The third-order valence-electron chi connectivity index (χ3n) is 4.00. The van der Waals surface area contributed by atoms with E-state index in [0.29, 0.717) is 15.6 Å². The predicted octanol–water partition coefficient (Wildman–Crippen LogP) is 1.64. The lowest BCUT2D eigenvalue weighted by atomic mass is 9.95. The van der Waals surface area contributed by atoms with Gasteiger partial charge in [-0.05, 0) is 55.2 Å². The largest absolute Gasteiger partial charge is 0.462 e. The van der Waals surface area contributed by atoms with Crippen LogP contribution in [0, 0.1) is 0 Å². The van der Waals surface area contributed by atoms with E-state index in [9.17, 15) is 14.4 Å². The van der Waals surface area contributed by atoms with Gasteiger partial charge in [-0.15, -0.1) is 11.3 Å². The molecular weight excluding hydrogens is 378 g/mol. The van der Waals surface area contributed by atoms with Crippen molar-refractivity contribution in [2.45, 2.75) is 37.6 Å². The van der Waals surface area contributed by atoms with E-state index in [2.05, 4.69) is 15.1 Å². The smallest absolute Gasteiger partial charge is 0.441 e. The van der Waals surface area contributed by atoms with Gasteiger partial charge in [-0.1, -0.05) is 4.68 Å². The minimum atomic E-state index is -0.524. The van der Waals surface area contributed by atoms with Crippen molar-refractivity contribution < 1.29 is 23.5 Å². The molecule has 0 radical (unpaired) electrons. The molecule has 0 aromatic carbocycles. The summed E-state index contributed by atoms with van der Waals surface area (Å²) in [5.74, 6) is -0.659. The summed E-state index contributed by atoms with van der Waals surface area (Å²) in [6, 6.07) is 0. The van der Waals surface area contributed by atoms with E-state index in [-0.39, 0.29) is 18.3 Å². The lowest BCUT2D eigenvalue weighted by Gasteiger charge is -2.12. The van der Waals surface area contributed by atoms with Crippen molar-refractivity contribution in [3.63, 3.8) is 0 Å². The molecule has 1 aliphatic rings. The Hall–Kier alpha value is -2.07. The fraction of sp³-hybridized carbons (Fsp3) is 0.500. The van der Waals surface area contributed by atoms with Gasteiger partial charge in [-0.2, -0.15) is 0 Å². The Morgan fingerprint density at radius 1 is 1.38 bits per heavy atom. The number of carbonyl (C=O) groups excluding carboxylic acids is 2. The fourth-order valence-electron chi connectivity index (χ4n) is 2.86. The maximum atomic E-state index is 12.4.